The zero-order valence-electron chi connectivity index (χ0n) is 23.5. The molecule has 2 aromatic carbocycles. The summed E-state index contributed by atoms with van der Waals surface area (Å²) in [6.07, 6.45) is -8.19. The van der Waals surface area contributed by atoms with E-state index in [1.165, 1.54) is 16.9 Å². The maximum absolute atomic E-state index is 13.9. The number of ether oxygens (including phenoxy) is 1. The Morgan fingerprint density at radius 3 is 2.05 bits per heavy atom. The first-order valence-corrected chi connectivity index (χ1v) is 14.2. The molecule has 0 radical (unpaired) electrons. The first-order chi connectivity index (χ1) is 20.7. The van der Waals surface area contributed by atoms with Crippen LogP contribution in [0, 0.1) is 0 Å². The van der Waals surface area contributed by atoms with Crippen LogP contribution < -0.4 is 10.6 Å². The van der Waals surface area contributed by atoms with Crippen LogP contribution in [-0.4, -0.2) is 71.0 Å². The summed E-state index contributed by atoms with van der Waals surface area (Å²) in [5, 5.41) is 4.71. The third-order valence-corrected chi connectivity index (χ3v) is 7.78. The molecular weight excluding hydrogens is 614 g/mol. The quantitative estimate of drug-likeness (QED) is 0.255. The van der Waals surface area contributed by atoms with Crippen LogP contribution in [0.25, 0.3) is 0 Å². The van der Waals surface area contributed by atoms with Gasteiger partial charge >= 0.3 is 18.3 Å². The number of likely N-dealkylation sites (tertiary alicyclic amines) is 2. The number of carbonyl (C=O) groups is 3. The first-order valence-electron chi connectivity index (χ1n) is 13.8. The number of alkyl halides is 6. The largest absolute Gasteiger partial charge is 0.467 e. The van der Waals surface area contributed by atoms with Gasteiger partial charge in [0.1, 0.15) is 18.1 Å². The van der Waals surface area contributed by atoms with Crippen molar-refractivity contribution < 1.29 is 45.5 Å². The fraction of sp³-hybridized carbons (Fsp3) is 0.448. The van der Waals surface area contributed by atoms with Gasteiger partial charge in [-0.2, -0.15) is 26.3 Å². The van der Waals surface area contributed by atoms with Gasteiger partial charge in [-0.15, -0.1) is 0 Å². The number of benzene rings is 2. The molecule has 2 fully saturated rings. The van der Waals surface area contributed by atoms with Crippen LogP contribution >= 0.6 is 12.2 Å². The summed E-state index contributed by atoms with van der Waals surface area (Å²) in [4.78, 5) is 42.5. The fourth-order valence-corrected chi connectivity index (χ4v) is 5.75. The van der Waals surface area contributed by atoms with Crippen LogP contribution in [0.2, 0.25) is 0 Å². The summed E-state index contributed by atoms with van der Waals surface area (Å²) in [5.74, 6) is -1.48. The highest BCUT2D eigenvalue weighted by molar-refractivity contribution is 7.80. The molecule has 2 amide bonds. The lowest BCUT2D eigenvalue weighted by Crippen LogP contribution is -2.56. The average Bonchev–Trinajstić information content (AvgIpc) is 3.66. The number of hydrogen-bond donors (Lipinski definition) is 2. The van der Waals surface area contributed by atoms with E-state index in [0.717, 1.165) is 0 Å². The second-order valence-electron chi connectivity index (χ2n) is 10.5. The second-order valence-corrected chi connectivity index (χ2v) is 10.9. The fourth-order valence-electron chi connectivity index (χ4n) is 5.49. The SMILES string of the molecule is COC(=O)[C@@H]1CCCN1C(=O)[C@@H]1CCCN1C(=O)[C@H](Cc1ccccc1)NC(=S)Nc1cc(C(F)(F)F)cc(C(F)(F)F)c1. The number of methoxy groups -OCH3 is 1. The monoisotopic (exact) mass is 644 g/mol. The average molecular weight is 645 g/mol. The molecule has 0 bridgehead atoms. The van der Waals surface area contributed by atoms with E-state index in [1.54, 1.807) is 30.3 Å². The lowest BCUT2D eigenvalue weighted by Gasteiger charge is -2.33. The standard InChI is InChI=1S/C29H30F6N4O4S/c1-43-26(42)23-10-6-12-39(23)25(41)22-9-5-11-38(22)24(40)21(13-17-7-3-2-4-8-17)37-27(44)36-20-15-18(28(30,31)32)14-19(16-20)29(33,34)35/h2-4,7-8,14-16,21-23H,5-6,9-13H2,1H3,(H2,36,37,44)/t21-,22-,23-/m0/s1. The van der Waals surface area contributed by atoms with Crippen molar-refractivity contribution in [2.45, 2.75) is 62.6 Å². The second kappa shape index (κ2) is 13.4. The van der Waals surface area contributed by atoms with Crippen molar-refractivity contribution in [2.75, 3.05) is 25.5 Å². The van der Waals surface area contributed by atoms with Crippen molar-refractivity contribution in [3.8, 4) is 0 Å². The number of nitrogens with zero attached hydrogens (tertiary/aromatic N) is 2. The molecule has 0 unspecified atom stereocenters. The van der Waals surface area contributed by atoms with Gasteiger partial charge in [-0.05, 0) is 61.7 Å². The molecule has 0 aromatic heterocycles. The van der Waals surface area contributed by atoms with E-state index in [2.05, 4.69) is 10.6 Å². The Labute approximate surface area is 254 Å². The Morgan fingerprint density at radius 1 is 0.909 bits per heavy atom. The molecule has 3 atom stereocenters. The van der Waals surface area contributed by atoms with E-state index >= 15 is 0 Å². The molecule has 2 saturated heterocycles. The molecule has 15 heteroatoms. The molecule has 2 aromatic rings. The predicted molar refractivity (Wildman–Crippen MR) is 151 cm³/mol. The van der Waals surface area contributed by atoms with Crippen LogP contribution in [0.3, 0.4) is 0 Å². The highest BCUT2D eigenvalue weighted by Gasteiger charge is 2.44. The molecular formula is C29H30F6N4O4S. The highest BCUT2D eigenvalue weighted by atomic mass is 32.1. The van der Waals surface area contributed by atoms with E-state index in [1.807, 2.05) is 0 Å². The smallest absolute Gasteiger partial charge is 0.416 e. The Kier molecular flexibility index (Phi) is 10.1. The number of halogens is 6. The van der Waals surface area contributed by atoms with Gasteiger partial charge in [0.15, 0.2) is 5.11 Å². The lowest BCUT2D eigenvalue weighted by atomic mass is 10.0. The summed E-state index contributed by atoms with van der Waals surface area (Å²) in [5.41, 5.74) is -2.94. The summed E-state index contributed by atoms with van der Waals surface area (Å²) < 4.78 is 85.0. The predicted octanol–water partition coefficient (Wildman–Crippen LogP) is 4.78. The molecule has 2 N–H and O–H groups in total. The summed E-state index contributed by atoms with van der Waals surface area (Å²) >= 11 is 5.24. The molecule has 4 rings (SSSR count). The number of thiocarbonyl (C=S) groups is 1. The minimum atomic E-state index is -5.06. The van der Waals surface area contributed by atoms with Gasteiger partial charge in [0.25, 0.3) is 0 Å². The third kappa shape index (κ3) is 7.79. The maximum atomic E-state index is 13.9. The highest BCUT2D eigenvalue weighted by Crippen LogP contribution is 2.37. The minimum Gasteiger partial charge on any atom is -0.467 e. The number of carbonyl (C=O) groups excluding carboxylic acids is 3. The normalized spacial score (nSPS) is 19.4. The number of nitrogens with one attached hydrogen (secondary N) is 2. The number of amides is 2. The molecule has 0 aliphatic carbocycles. The number of rotatable bonds is 7. The summed E-state index contributed by atoms with van der Waals surface area (Å²) in [6.45, 7) is 0.551. The van der Waals surface area contributed by atoms with Gasteiger partial charge in [0, 0.05) is 25.2 Å². The molecule has 2 aliphatic heterocycles. The summed E-state index contributed by atoms with van der Waals surface area (Å²) in [6, 6.07) is 6.91. The van der Waals surface area contributed by atoms with E-state index in [-0.39, 0.29) is 24.1 Å². The van der Waals surface area contributed by atoms with Gasteiger partial charge in [-0.3, -0.25) is 9.59 Å². The van der Waals surface area contributed by atoms with Crippen molar-refractivity contribution in [1.29, 1.82) is 0 Å². The van der Waals surface area contributed by atoms with Crippen LogP contribution in [0.15, 0.2) is 48.5 Å². The van der Waals surface area contributed by atoms with Gasteiger partial charge < -0.3 is 25.2 Å². The number of esters is 1. The molecule has 8 nitrogen and oxygen atoms in total. The zero-order valence-corrected chi connectivity index (χ0v) is 24.3. The van der Waals surface area contributed by atoms with Crippen LogP contribution in [-0.2, 0) is 37.9 Å². The number of anilines is 1. The Bertz CT molecular complexity index is 1360. The summed E-state index contributed by atoms with van der Waals surface area (Å²) in [7, 11) is 1.23. The maximum Gasteiger partial charge on any atom is 0.416 e. The van der Waals surface area contributed by atoms with Crippen molar-refractivity contribution in [3.05, 3.63) is 65.2 Å². The van der Waals surface area contributed by atoms with E-state index in [0.29, 0.717) is 49.9 Å². The van der Waals surface area contributed by atoms with Crippen molar-refractivity contribution >= 4 is 40.8 Å². The molecule has 44 heavy (non-hydrogen) atoms. The van der Waals surface area contributed by atoms with Gasteiger partial charge in [0.2, 0.25) is 11.8 Å². The Morgan fingerprint density at radius 2 is 1.48 bits per heavy atom. The van der Waals surface area contributed by atoms with E-state index < -0.39 is 65.1 Å². The van der Waals surface area contributed by atoms with E-state index in [4.69, 9.17) is 17.0 Å². The first kappa shape index (κ1) is 33.0. The number of hydrogen-bond acceptors (Lipinski definition) is 5. The Balaban J connectivity index is 1.57. The van der Waals surface area contributed by atoms with Crippen molar-refractivity contribution in [3.63, 3.8) is 0 Å². The zero-order chi connectivity index (χ0) is 32.2. The molecule has 2 aliphatic rings. The minimum absolute atomic E-state index is 0.000951. The molecule has 0 saturated carbocycles. The van der Waals surface area contributed by atoms with Crippen molar-refractivity contribution in [2.24, 2.45) is 0 Å². The van der Waals surface area contributed by atoms with Gasteiger partial charge in [-0.25, -0.2) is 4.79 Å². The Hall–Kier alpha value is -3.88. The van der Waals surface area contributed by atoms with Gasteiger partial charge in [0.05, 0.1) is 18.2 Å². The third-order valence-electron chi connectivity index (χ3n) is 7.56. The van der Waals surface area contributed by atoms with Crippen LogP contribution in [0.1, 0.15) is 42.4 Å². The van der Waals surface area contributed by atoms with Crippen LogP contribution in [0.4, 0.5) is 32.0 Å². The molecule has 0 spiro atoms. The van der Waals surface area contributed by atoms with Crippen LogP contribution in [0.5, 0.6) is 0 Å². The van der Waals surface area contributed by atoms with Crippen molar-refractivity contribution in [1.82, 2.24) is 15.1 Å². The van der Waals surface area contributed by atoms with Gasteiger partial charge in [-0.1, -0.05) is 30.3 Å². The molecule has 2 heterocycles. The van der Waals surface area contributed by atoms with E-state index in [9.17, 15) is 40.7 Å². The topological polar surface area (TPSA) is 91.0 Å². The molecule has 238 valence electrons. The lowest BCUT2D eigenvalue weighted by molar-refractivity contribution is -0.154.